The Bertz CT molecular complexity index is 1090. The van der Waals surface area contributed by atoms with Crippen LogP contribution >= 0.6 is 0 Å². The highest BCUT2D eigenvalue weighted by molar-refractivity contribution is 7.86. The number of piperidine rings is 1. The fourth-order valence-corrected chi connectivity index (χ4v) is 5.96. The third kappa shape index (κ3) is 9.79. The summed E-state index contributed by atoms with van der Waals surface area (Å²) in [6, 6.07) is 5.25. The average Bonchev–Trinajstić information content (AvgIpc) is 2.91. The van der Waals surface area contributed by atoms with E-state index in [1.54, 1.807) is 19.1 Å². The lowest BCUT2D eigenvalue weighted by Crippen LogP contribution is -2.50. The average molecular weight is 571 g/mol. The van der Waals surface area contributed by atoms with Crippen LogP contribution in [-0.2, 0) is 29.3 Å². The van der Waals surface area contributed by atoms with Crippen molar-refractivity contribution in [2.45, 2.75) is 39.5 Å². The van der Waals surface area contributed by atoms with Crippen LogP contribution in [0.15, 0.2) is 18.2 Å². The standard InChI is InChI=1S/C24H36N4O7S.CH2O2/c1-3-34-24(31)19-8-13-28(14-9-19)36(32,33)27-12-4-5-22(29)25-11-16-35-21-7-6-18(2)17-20(21)23(30)26-10-15-27;2-1-3/h6-7,17,19H,3-5,8-16H2,1-2H3,(H,25,29)(H,26,30);1H,(H,2,3). The van der Waals surface area contributed by atoms with Crippen LogP contribution in [0.5, 0.6) is 5.75 Å². The van der Waals surface area contributed by atoms with Crippen molar-refractivity contribution in [2.75, 3.05) is 52.5 Å². The summed E-state index contributed by atoms with van der Waals surface area (Å²) in [7, 11) is -3.85. The van der Waals surface area contributed by atoms with E-state index in [0.717, 1.165) is 5.56 Å². The van der Waals surface area contributed by atoms with Crippen LogP contribution in [0.4, 0.5) is 0 Å². The molecule has 1 aromatic rings. The van der Waals surface area contributed by atoms with E-state index in [4.69, 9.17) is 19.4 Å². The first-order valence-electron chi connectivity index (χ1n) is 12.9. The van der Waals surface area contributed by atoms with Crippen molar-refractivity contribution in [1.82, 2.24) is 19.2 Å². The maximum absolute atomic E-state index is 13.4. The van der Waals surface area contributed by atoms with Crippen LogP contribution in [0.25, 0.3) is 0 Å². The molecule has 2 aliphatic rings. The van der Waals surface area contributed by atoms with Crippen molar-refractivity contribution in [2.24, 2.45) is 5.92 Å². The first kappa shape index (κ1) is 32.0. The maximum Gasteiger partial charge on any atom is 0.309 e. The largest absolute Gasteiger partial charge is 0.491 e. The third-order valence-corrected chi connectivity index (χ3v) is 8.28. The predicted octanol–water partition coefficient (Wildman–Crippen LogP) is 0.536. The zero-order chi connectivity index (χ0) is 28.8. The maximum atomic E-state index is 13.4. The van der Waals surface area contributed by atoms with Gasteiger partial charge < -0.3 is 25.2 Å². The zero-order valence-corrected chi connectivity index (χ0v) is 23.2. The minimum atomic E-state index is -3.85. The van der Waals surface area contributed by atoms with Gasteiger partial charge in [-0.1, -0.05) is 11.6 Å². The minimum Gasteiger partial charge on any atom is -0.491 e. The number of hydrogen-bond acceptors (Lipinski definition) is 8. The summed E-state index contributed by atoms with van der Waals surface area (Å²) >= 11 is 0. The molecule has 0 bridgehead atoms. The smallest absolute Gasteiger partial charge is 0.309 e. The number of carbonyl (C=O) groups is 4. The van der Waals surface area contributed by atoms with E-state index in [1.807, 2.05) is 13.0 Å². The number of hydrogen-bond donors (Lipinski definition) is 3. The van der Waals surface area contributed by atoms with Gasteiger partial charge in [-0.3, -0.25) is 19.2 Å². The highest BCUT2D eigenvalue weighted by atomic mass is 32.2. The van der Waals surface area contributed by atoms with Crippen LogP contribution in [0, 0.1) is 12.8 Å². The van der Waals surface area contributed by atoms with Gasteiger partial charge in [0.25, 0.3) is 22.6 Å². The van der Waals surface area contributed by atoms with Gasteiger partial charge in [0.05, 0.1) is 24.6 Å². The molecular weight excluding hydrogens is 532 g/mol. The van der Waals surface area contributed by atoms with Crippen LogP contribution in [0.1, 0.15) is 48.5 Å². The number of fused-ring (bicyclic) bond motifs is 1. The molecule has 1 aromatic carbocycles. The quantitative estimate of drug-likeness (QED) is 0.345. The molecule has 0 spiro atoms. The Morgan fingerprint density at radius 3 is 2.46 bits per heavy atom. The minimum absolute atomic E-state index is 0.0511. The summed E-state index contributed by atoms with van der Waals surface area (Å²) in [5, 5.41) is 12.4. The first-order valence-corrected chi connectivity index (χ1v) is 14.3. The van der Waals surface area contributed by atoms with Crippen molar-refractivity contribution in [3.05, 3.63) is 29.3 Å². The van der Waals surface area contributed by atoms with Gasteiger partial charge in [0.2, 0.25) is 5.91 Å². The number of nitrogens with one attached hydrogen (secondary N) is 2. The van der Waals surface area contributed by atoms with E-state index in [0.29, 0.717) is 37.2 Å². The molecule has 0 saturated carbocycles. The highest BCUT2D eigenvalue weighted by Gasteiger charge is 2.35. The molecule has 0 aliphatic carbocycles. The Morgan fingerprint density at radius 1 is 1.13 bits per heavy atom. The fraction of sp³-hybridized carbons (Fsp3) is 0.600. The molecular formula is C25H38N4O9S. The van der Waals surface area contributed by atoms with Crippen molar-refractivity contribution in [3.8, 4) is 5.75 Å². The highest BCUT2D eigenvalue weighted by Crippen LogP contribution is 2.23. The number of nitrogens with zero attached hydrogens (tertiary/aromatic N) is 2. The van der Waals surface area contributed by atoms with Crippen LogP contribution in [0.2, 0.25) is 0 Å². The van der Waals surface area contributed by atoms with E-state index in [1.165, 1.54) is 8.61 Å². The number of amides is 2. The van der Waals surface area contributed by atoms with Crippen molar-refractivity contribution >= 4 is 34.5 Å². The van der Waals surface area contributed by atoms with Crippen molar-refractivity contribution in [1.29, 1.82) is 0 Å². The van der Waals surface area contributed by atoms with Crippen LogP contribution in [-0.4, -0.2) is 98.9 Å². The summed E-state index contributed by atoms with van der Waals surface area (Å²) in [6.45, 7) is 4.82. The number of carbonyl (C=O) groups excluding carboxylic acids is 3. The molecule has 39 heavy (non-hydrogen) atoms. The number of esters is 1. The molecule has 0 unspecified atom stereocenters. The van der Waals surface area contributed by atoms with Gasteiger partial charge in [0, 0.05) is 39.1 Å². The van der Waals surface area contributed by atoms with Gasteiger partial charge in [-0.05, 0) is 45.2 Å². The summed E-state index contributed by atoms with van der Waals surface area (Å²) in [4.78, 5) is 45.5. The summed E-state index contributed by atoms with van der Waals surface area (Å²) in [5.74, 6) is -0.763. The summed E-state index contributed by atoms with van der Waals surface area (Å²) in [6.07, 6.45) is 1.28. The Hall–Kier alpha value is -3.23. The molecule has 1 fully saturated rings. The first-order chi connectivity index (χ1) is 18.6. The lowest BCUT2D eigenvalue weighted by molar-refractivity contribution is -0.149. The number of aryl methyl sites for hydroxylation is 1. The molecule has 2 aliphatic heterocycles. The molecule has 218 valence electrons. The lowest BCUT2D eigenvalue weighted by Gasteiger charge is -2.34. The van der Waals surface area contributed by atoms with Gasteiger partial charge in [0.15, 0.2) is 0 Å². The number of ether oxygens (including phenoxy) is 2. The van der Waals surface area contributed by atoms with Crippen molar-refractivity contribution < 1.29 is 42.2 Å². The van der Waals surface area contributed by atoms with Gasteiger partial charge in [-0.25, -0.2) is 0 Å². The Kier molecular flexibility index (Phi) is 13.1. The van der Waals surface area contributed by atoms with E-state index in [-0.39, 0.29) is 82.5 Å². The second-order valence-corrected chi connectivity index (χ2v) is 10.9. The molecule has 3 N–H and O–H groups in total. The Balaban J connectivity index is 0.00000170. The van der Waals surface area contributed by atoms with E-state index < -0.39 is 10.2 Å². The van der Waals surface area contributed by atoms with Gasteiger partial charge >= 0.3 is 5.97 Å². The molecule has 0 atom stereocenters. The second kappa shape index (κ2) is 16.0. The second-order valence-electron chi connectivity index (χ2n) is 9.00. The molecule has 3 rings (SSSR count). The molecule has 1 saturated heterocycles. The van der Waals surface area contributed by atoms with Crippen LogP contribution < -0.4 is 15.4 Å². The molecule has 14 heteroatoms. The van der Waals surface area contributed by atoms with Gasteiger partial charge in [-0.15, -0.1) is 0 Å². The monoisotopic (exact) mass is 570 g/mol. The Morgan fingerprint density at radius 2 is 1.79 bits per heavy atom. The normalized spacial score (nSPS) is 18.9. The molecule has 0 aromatic heterocycles. The number of carboxylic acid groups (broad SMARTS) is 1. The lowest BCUT2D eigenvalue weighted by atomic mass is 9.98. The molecule has 0 radical (unpaired) electrons. The topological polar surface area (TPSA) is 172 Å². The van der Waals surface area contributed by atoms with Crippen molar-refractivity contribution in [3.63, 3.8) is 0 Å². The molecule has 13 nitrogen and oxygen atoms in total. The van der Waals surface area contributed by atoms with Gasteiger partial charge in [0.1, 0.15) is 12.4 Å². The zero-order valence-electron chi connectivity index (χ0n) is 22.4. The molecule has 2 amide bonds. The number of rotatable bonds is 4. The van der Waals surface area contributed by atoms with Gasteiger partial charge in [-0.2, -0.15) is 17.0 Å². The van der Waals surface area contributed by atoms with E-state index in [9.17, 15) is 22.8 Å². The van der Waals surface area contributed by atoms with E-state index >= 15 is 0 Å². The SMILES string of the molecule is CCOC(=O)C1CCN(S(=O)(=O)N2CCCC(=O)NCCOc3ccc(C)cc3C(=O)NCC2)CC1.O=CO. The molecule has 2 heterocycles. The number of benzene rings is 1. The fourth-order valence-electron chi connectivity index (χ4n) is 4.28. The summed E-state index contributed by atoms with van der Waals surface area (Å²) < 4.78 is 40.3. The van der Waals surface area contributed by atoms with Crippen LogP contribution in [0.3, 0.4) is 0 Å². The Labute approximate surface area is 229 Å². The van der Waals surface area contributed by atoms with E-state index in [2.05, 4.69) is 10.6 Å². The third-order valence-electron chi connectivity index (χ3n) is 6.25. The summed E-state index contributed by atoms with van der Waals surface area (Å²) in [5.41, 5.74) is 1.24. The predicted molar refractivity (Wildman–Crippen MR) is 141 cm³/mol.